The van der Waals surface area contributed by atoms with Crippen LogP contribution in [-0.4, -0.2) is 56.1 Å². The maximum Gasteiger partial charge on any atom is 0.235 e. The molecule has 0 bridgehead atoms. The SMILES string of the molecule is Cc1ccc(CNC(=O)C(C)(C)C(=O)NCCN2CCOCC2)cc1. The lowest BCUT2D eigenvalue weighted by Crippen LogP contribution is -2.49. The Morgan fingerprint density at radius 2 is 1.68 bits per heavy atom. The number of amides is 2. The molecule has 25 heavy (non-hydrogen) atoms. The van der Waals surface area contributed by atoms with E-state index in [0.29, 0.717) is 13.1 Å². The normalized spacial score (nSPS) is 15.6. The van der Waals surface area contributed by atoms with E-state index < -0.39 is 5.41 Å². The number of morpholine rings is 1. The van der Waals surface area contributed by atoms with Crippen LogP contribution in [0.1, 0.15) is 25.0 Å². The second-order valence-corrected chi connectivity index (χ2v) is 7.00. The number of carbonyl (C=O) groups excluding carboxylic acids is 2. The first-order chi connectivity index (χ1) is 11.9. The van der Waals surface area contributed by atoms with Crippen LogP contribution in [0.4, 0.5) is 0 Å². The van der Waals surface area contributed by atoms with Crippen LogP contribution in [0.3, 0.4) is 0 Å². The minimum Gasteiger partial charge on any atom is -0.379 e. The maximum atomic E-state index is 12.4. The summed E-state index contributed by atoms with van der Waals surface area (Å²) in [6.07, 6.45) is 0. The maximum absolute atomic E-state index is 12.4. The lowest BCUT2D eigenvalue weighted by molar-refractivity contribution is -0.141. The molecule has 1 aromatic rings. The van der Waals surface area contributed by atoms with Crippen LogP contribution in [0, 0.1) is 12.3 Å². The van der Waals surface area contributed by atoms with Crippen molar-refractivity contribution in [2.45, 2.75) is 27.3 Å². The van der Waals surface area contributed by atoms with E-state index in [0.717, 1.165) is 38.4 Å². The van der Waals surface area contributed by atoms with Crippen molar-refractivity contribution in [3.63, 3.8) is 0 Å². The number of nitrogens with zero attached hydrogens (tertiary/aromatic N) is 1. The first kappa shape index (κ1) is 19.4. The highest BCUT2D eigenvalue weighted by Crippen LogP contribution is 2.16. The Morgan fingerprint density at radius 1 is 1.08 bits per heavy atom. The predicted molar refractivity (Wildman–Crippen MR) is 97.1 cm³/mol. The fourth-order valence-electron chi connectivity index (χ4n) is 2.59. The van der Waals surface area contributed by atoms with Gasteiger partial charge in [0.25, 0.3) is 0 Å². The molecular weight excluding hydrogens is 318 g/mol. The number of hydrogen-bond acceptors (Lipinski definition) is 4. The van der Waals surface area contributed by atoms with Gasteiger partial charge in [0.05, 0.1) is 13.2 Å². The highest BCUT2D eigenvalue weighted by Gasteiger charge is 2.35. The van der Waals surface area contributed by atoms with Gasteiger partial charge in [-0.05, 0) is 26.3 Å². The van der Waals surface area contributed by atoms with E-state index in [-0.39, 0.29) is 11.8 Å². The Labute approximate surface area is 149 Å². The largest absolute Gasteiger partial charge is 0.379 e. The molecule has 1 aliphatic rings. The first-order valence-electron chi connectivity index (χ1n) is 8.82. The zero-order valence-corrected chi connectivity index (χ0v) is 15.4. The molecule has 0 spiro atoms. The number of aryl methyl sites for hydroxylation is 1. The summed E-state index contributed by atoms with van der Waals surface area (Å²) < 4.78 is 5.30. The molecule has 0 saturated carbocycles. The summed E-state index contributed by atoms with van der Waals surface area (Å²) in [5.41, 5.74) is 1.09. The number of rotatable bonds is 7. The number of ether oxygens (including phenoxy) is 1. The van der Waals surface area contributed by atoms with Crippen LogP contribution in [0.25, 0.3) is 0 Å². The lowest BCUT2D eigenvalue weighted by Gasteiger charge is -2.27. The second-order valence-electron chi connectivity index (χ2n) is 7.00. The van der Waals surface area contributed by atoms with E-state index in [4.69, 9.17) is 4.74 Å². The first-order valence-corrected chi connectivity index (χ1v) is 8.82. The molecule has 2 N–H and O–H groups in total. The van der Waals surface area contributed by atoms with Gasteiger partial charge >= 0.3 is 0 Å². The van der Waals surface area contributed by atoms with E-state index in [1.165, 1.54) is 5.56 Å². The van der Waals surface area contributed by atoms with Gasteiger partial charge < -0.3 is 15.4 Å². The van der Waals surface area contributed by atoms with E-state index in [1.807, 2.05) is 31.2 Å². The number of nitrogens with one attached hydrogen (secondary N) is 2. The fourth-order valence-corrected chi connectivity index (χ4v) is 2.59. The third-order valence-electron chi connectivity index (χ3n) is 4.53. The number of benzene rings is 1. The summed E-state index contributed by atoms with van der Waals surface area (Å²) in [6, 6.07) is 7.96. The summed E-state index contributed by atoms with van der Waals surface area (Å²) in [4.78, 5) is 27.0. The predicted octanol–water partition coefficient (Wildman–Crippen LogP) is 1.09. The summed E-state index contributed by atoms with van der Waals surface area (Å²) in [7, 11) is 0. The van der Waals surface area contributed by atoms with E-state index in [1.54, 1.807) is 13.8 Å². The van der Waals surface area contributed by atoms with Crippen LogP contribution < -0.4 is 10.6 Å². The zero-order chi connectivity index (χ0) is 18.3. The Balaban J connectivity index is 1.76. The summed E-state index contributed by atoms with van der Waals surface area (Å²) in [5, 5.41) is 5.73. The van der Waals surface area contributed by atoms with Gasteiger partial charge in [-0.25, -0.2) is 0 Å². The van der Waals surface area contributed by atoms with Crippen molar-refractivity contribution < 1.29 is 14.3 Å². The highest BCUT2D eigenvalue weighted by molar-refractivity contribution is 6.04. The molecule has 6 nitrogen and oxygen atoms in total. The van der Waals surface area contributed by atoms with Gasteiger partial charge in [-0.2, -0.15) is 0 Å². The monoisotopic (exact) mass is 347 g/mol. The molecule has 1 saturated heterocycles. The Hall–Kier alpha value is -1.92. The molecule has 138 valence electrons. The number of hydrogen-bond donors (Lipinski definition) is 2. The lowest BCUT2D eigenvalue weighted by atomic mass is 9.91. The Kier molecular flexibility index (Phi) is 6.96. The van der Waals surface area contributed by atoms with Gasteiger partial charge in [-0.1, -0.05) is 29.8 Å². The summed E-state index contributed by atoms with van der Waals surface area (Å²) in [5.74, 6) is -0.515. The van der Waals surface area contributed by atoms with Gasteiger partial charge in [0.2, 0.25) is 11.8 Å². The molecule has 2 amide bonds. The van der Waals surface area contributed by atoms with Crippen molar-refractivity contribution in [2.75, 3.05) is 39.4 Å². The van der Waals surface area contributed by atoms with Gasteiger partial charge in [-0.15, -0.1) is 0 Å². The van der Waals surface area contributed by atoms with Gasteiger partial charge in [0, 0.05) is 32.7 Å². The standard InChI is InChI=1S/C19H29N3O3/c1-15-4-6-16(7-5-15)14-21-18(24)19(2,3)17(23)20-8-9-22-10-12-25-13-11-22/h4-7H,8-14H2,1-3H3,(H,20,23)(H,21,24). The van der Waals surface area contributed by atoms with E-state index in [2.05, 4.69) is 15.5 Å². The molecule has 1 aromatic carbocycles. The average Bonchev–Trinajstić information content (AvgIpc) is 2.61. The molecular formula is C19H29N3O3. The van der Waals surface area contributed by atoms with Gasteiger partial charge in [0.1, 0.15) is 5.41 Å². The molecule has 1 fully saturated rings. The second kappa shape index (κ2) is 8.97. The topological polar surface area (TPSA) is 70.7 Å². The molecule has 0 atom stereocenters. The summed E-state index contributed by atoms with van der Waals surface area (Å²) >= 11 is 0. The quantitative estimate of drug-likeness (QED) is 0.725. The number of carbonyl (C=O) groups is 2. The molecule has 1 heterocycles. The fraction of sp³-hybridized carbons (Fsp3) is 0.579. The molecule has 2 rings (SSSR count). The van der Waals surface area contributed by atoms with E-state index >= 15 is 0 Å². The van der Waals surface area contributed by atoms with E-state index in [9.17, 15) is 9.59 Å². The molecule has 1 aliphatic heterocycles. The van der Waals surface area contributed by atoms with Crippen molar-refractivity contribution in [1.82, 2.24) is 15.5 Å². The van der Waals surface area contributed by atoms with Crippen molar-refractivity contribution >= 4 is 11.8 Å². The smallest absolute Gasteiger partial charge is 0.235 e. The third kappa shape index (κ3) is 5.83. The molecule has 0 aromatic heterocycles. The molecule has 0 unspecified atom stereocenters. The molecule has 0 radical (unpaired) electrons. The van der Waals surface area contributed by atoms with Crippen molar-refractivity contribution in [2.24, 2.45) is 5.41 Å². The minimum atomic E-state index is -1.10. The van der Waals surface area contributed by atoms with Gasteiger partial charge in [0.15, 0.2) is 0 Å². The van der Waals surface area contributed by atoms with Crippen LogP contribution in [0.15, 0.2) is 24.3 Å². The molecule has 0 aliphatic carbocycles. The zero-order valence-electron chi connectivity index (χ0n) is 15.4. The highest BCUT2D eigenvalue weighted by atomic mass is 16.5. The Bertz CT molecular complexity index is 578. The van der Waals surface area contributed by atoms with Crippen molar-refractivity contribution in [1.29, 1.82) is 0 Å². The van der Waals surface area contributed by atoms with Crippen molar-refractivity contribution in [3.05, 3.63) is 35.4 Å². The van der Waals surface area contributed by atoms with Crippen LogP contribution in [0.2, 0.25) is 0 Å². The molecule has 6 heteroatoms. The van der Waals surface area contributed by atoms with Crippen LogP contribution in [-0.2, 0) is 20.9 Å². The Morgan fingerprint density at radius 3 is 2.32 bits per heavy atom. The summed E-state index contributed by atoms with van der Waals surface area (Å²) in [6.45, 7) is 10.3. The average molecular weight is 347 g/mol. The minimum absolute atomic E-state index is 0.248. The van der Waals surface area contributed by atoms with Crippen molar-refractivity contribution in [3.8, 4) is 0 Å². The van der Waals surface area contributed by atoms with Gasteiger partial charge in [-0.3, -0.25) is 14.5 Å². The van der Waals surface area contributed by atoms with Crippen LogP contribution >= 0.6 is 0 Å². The third-order valence-corrected chi connectivity index (χ3v) is 4.53. The van der Waals surface area contributed by atoms with Crippen LogP contribution in [0.5, 0.6) is 0 Å².